The van der Waals surface area contributed by atoms with Crippen LogP contribution in [-0.4, -0.2) is 34.9 Å². The summed E-state index contributed by atoms with van der Waals surface area (Å²) in [6, 6.07) is 0. The van der Waals surface area contributed by atoms with E-state index in [0.29, 0.717) is 12.5 Å². The lowest BCUT2D eigenvalue weighted by atomic mass is 10.2. The Kier molecular flexibility index (Phi) is 9.24. The van der Waals surface area contributed by atoms with Crippen LogP contribution in [0.3, 0.4) is 0 Å². The van der Waals surface area contributed by atoms with Gasteiger partial charge >= 0.3 is 0 Å². The fraction of sp³-hybridized carbons (Fsp3) is 0.643. The fourth-order valence-corrected chi connectivity index (χ4v) is 1.14. The number of nitrogens with one attached hydrogen (secondary N) is 1. The highest BCUT2D eigenvalue weighted by molar-refractivity contribution is 5.87. The van der Waals surface area contributed by atoms with Gasteiger partial charge in [-0.1, -0.05) is 32.1 Å². The number of unbranched alkanes of at least 4 members (excludes halogenated alkanes) is 1. The number of aliphatic hydroxyl groups is 2. The fourth-order valence-electron chi connectivity index (χ4n) is 1.14. The summed E-state index contributed by atoms with van der Waals surface area (Å²) in [7, 11) is 0. The molecule has 4 nitrogen and oxygen atoms in total. The van der Waals surface area contributed by atoms with E-state index in [9.17, 15) is 9.90 Å². The number of aliphatic hydroxyl groups excluding tert-OH is 2. The second kappa shape index (κ2) is 9.85. The van der Waals surface area contributed by atoms with Crippen LogP contribution >= 0.6 is 0 Å². The lowest BCUT2D eigenvalue weighted by Gasteiger charge is -2.07. The van der Waals surface area contributed by atoms with Crippen molar-refractivity contribution in [3.63, 3.8) is 0 Å². The third-order valence-electron chi connectivity index (χ3n) is 2.28. The molecule has 1 amide bonds. The van der Waals surface area contributed by atoms with Crippen LogP contribution in [-0.2, 0) is 4.79 Å². The van der Waals surface area contributed by atoms with Crippen LogP contribution in [0.25, 0.3) is 0 Å². The topological polar surface area (TPSA) is 69.6 Å². The summed E-state index contributed by atoms with van der Waals surface area (Å²) in [6.07, 6.45) is 6.60. The zero-order valence-corrected chi connectivity index (χ0v) is 11.5. The summed E-state index contributed by atoms with van der Waals surface area (Å²) in [4.78, 5) is 11.3. The van der Waals surface area contributed by atoms with Crippen molar-refractivity contribution in [2.45, 2.75) is 45.8 Å². The van der Waals surface area contributed by atoms with E-state index in [1.165, 1.54) is 13.0 Å². The van der Waals surface area contributed by atoms with Crippen molar-refractivity contribution in [3.8, 4) is 0 Å². The molecule has 0 aromatic carbocycles. The molecule has 0 bridgehead atoms. The third-order valence-corrected chi connectivity index (χ3v) is 2.28. The second-order valence-electron chi connectivity index (χ2n) is 4.78. The number of amides is 1. The van der Waals surface area contributed by atoms with Gasteiger partial charge in [-0.2, -0.15) is 0 Å². The maximum Gasteiger partial charge on any atom is 0.243 e. The van der Waals surface area contributed by atoms with E-state index < -0.39 is 12.2 Å². The standard InChI is InChI=1S/C14H25NO3/c1-11(2)10-15-14(18)9-7-5-4-6-8-13(17)12(3)16/h6-9,11-13,16-17H,4-5,10H2,1-3H3,(H,15,18). The maximum atomic E-state index is 11.3. The van der Waals surface area contributed by atoms with Crippen molar-refractivity contribution in [2.75, 3.05) is 6.54 Å². The Morgan fingerprint density at radius 2 is 1.78 bits per heavy atom. The summed E-state index contributed by atoms with van der Waals surface area (Å²) in [6.45, 7) is 6.31. The van der Waals surface area contributed by atoms with Crippen LogP contribution in [0.2, 0.25) is 0 Å². The van der Waals surface area contributed by atoms with E-state index in [2.05, 4.69) is 5.32 Å². The van der Waals surface area contributed by atoms with Gasteiger partial charge in [0.1, 0.15) is 0 Å². The molecular weight excluding hydrogens is 230 g/mol. The highest BCUT2D eigenvalue weighted by atomic mass is 16.3. The zero-order valence-electron chi connectivity index (χ0n) is 11.5. The summed E-state index contributed by atoms with van der Waals surface area (Å²) < 4.78 is 0. The summed E-state index contributed by atoms with van der Waals surface area (Å²) in [5.41, 5.74) is 0. The highest BCUT2D eigenvalue weighted by Crippen LogP contribution is 1.98. The van der Waals surface area contributed by atoms with Crippen molar-refractivity contribution in [3.05, 3.63) is 24.3 Å². The molecule has 0 fully saturated rings. The minimum absolute atomic E-state index is 0.0725. The second-order valence-corrected chi connectivity index (χ2v) is 4.78. The number of hydrogen-bond donors (Lipinski definition) is 3. The van der Waals surface area contributed by atoms with Crippen LogP contribution in [0, 0.1) is 5.92 Å². The van der Waals surface area contributed by atoms with Gasteiger partial charge in [0.15, 0.2) is 0 Å². The first-order valence-electron chi connectivity index (χ1n) is 6.40. The largest absolute Gasteiger partial charge is 0.390 e. The molecule has 0 aliphatic rings. The van der Waals surface area contributed by atoms with Gasteiger partial charge in [0.2, 0.25) is 5.91 Å². The smallest absolute Gasteiger partial charge is 0.243 e. The molecule has 0 aliphatic carbocycles. The molecular formula is C14H25NO3. The van der Waals surface area contributed by atoms with Crippen molar-refractivity contribution in [1.82, 2.24) is 5.32 Å². The van der Waals surface area contributed by atoms with E-state index in [4.69, 9.17) is 5.11 Å². The first-order valence-corrected chi connectivity index (χ1v) is 6.40. The number of rotatable bonds is 8. The summed E-state index contributed by atoms with van der Waals surface area (Å²) in [5, 5.41) is 21.1. The molecule has 0 saturated heterocycles. The number of hydrogen-bond acceptors (Lipinski definition) is 3. The number of allylic oxidation sites excluding steroid dienone is 2. The molecule has 0 spiro atoms. The monoisotopic (exact) mass is 255 g/mol. The van der Waals surface area contributed by atoms with Gasteiger partial charge in [-0.25, -0.2) is 0 Å². The first kappa shape index (κ1) is 16.9. The first-order chi connectivity index (χ1) is 8.43. The van der Waals surface area contributed by atoms with Gasteiger partial charge < -0.3 is 15.5 Å². The molecule has 0 aliphatic heterocycles. The van der Waals surface area contributed by atoms with E-state index in [-0.39, 0.29) is 5.91 Å². The minimum Gasteiger partial charge on any atom is -0.390 e. The molecule has 3 N–H and O–H groups in total. The summed E-state index contributed by atoms with van der Waals surface area (Å²) >= 11 is 0. The predicted molar refractivity (Wildman–Crippen MR) is 73.0 cm³/mol. The predicted octanol–water partition coefficient (Wildman–Crippen LogP) is 1.39. The molecule has 0 aromatic rings. The minimum atomic E-state index is -0.816. The van der Waals surface area contributed by atoms with Crippen molar-refractivity contribution >= 4 is 5.91 Å². The molecule has 0 rings (SSSR count). The Labute approximate surface area is 109 Å². The normalized spacial score (nSPS) is 15.4. The lowest BCUT2D eigenvalue weighted by Crippen LogP contribution is -2.25. The van der Waals surface area contributed by atoms with Crippen molar-refractivity contribution in [1.29, 1.82) is 0 Å². The van der Waals surface area contributed by atoms with Gasteiger partial charge in [-0.15, -0.1) is 0 Å². The molecule has 2 atom stereocenters. The van der Waals surface area contributed by atoms with Crippen molar-refractivity contribution in [2.24, 2.45) is 5.92 Å². The third kappa shape index (κ3) is 10.1. The number of carbonyl (C=O) groups is 1. The lowest BCUT2D eigenvalue weighted by molar-refractivity contribution is -0.116. The van der Waals surface area contributed by atoms with E-state index in [0.717, 1.165) is 12.8 Å². The summed E-state index contributed by atoms with van der Waals surface area (Å²) in [5.74, 6) is 0.379. The quantitative estimate of drug-likeness (QED) is 0.349. The average molecular weight is 255 g/mol. The molecule has 0 heterocycles. The average Bonchev–Trinajstić information content (AvgIpc) is 2.30. The SMILES string of the molecule is CC(C)CNC(=O)C=CCCC=CC(O)C(C)O. The number of carbonyl (C=O) groups excluding carboxylic acids is 1. The van der Waals surface area contributed by atoms with Gasteiger partial charge in [0.05, 0.1) is 12.2 Å². The Balaban J connectivity index is 3.68. The van der Waals surface area contributed by atoms with Gasteiger partial charge in [0, 0.05) is 6.54 Å². The Hall–Kier alpha value is -1.13. The Bertz CT molecular complexity index is 283. The van der Waals surface area contributed by atoms with Crippen LogP contribution in [0.1, 0.15) is 33.6 Å². The molecule has 0 radical (unpaired) electrons. The molecule has 4 heteroatoms. The van der Waals surface area contributed by atoms with Gasteiger partial charge in [-0.3, -0.25) is 4.79 Å². The van der Waals surface area contributed by atoms with Gasteiger partial charge in [0.25, 0.3) is 0 Å². The van der Waals surface area contributed by atoms with Crippen LogP contribution in [0.15, 0.2) is 24.3 Å². The van der Waals surface area contributed by atoms with Gasteiger partial charge in [-0.05, 0) is 31.8 Å². The van der Waals surface area contributed by atoms with Crippen LogP contribution in [0.4, 0.5) is 0 Å². The van der Waals surface area contributed by atoms with E-state index in [1.54, 1.807) is 18.2 Å². The van der Waals surface area contributed by atoms with Crippen LogP contribution in [0.5, 0.6) is 0 Å². The van der Waals surface area contributed by atoms with Crippen molar-refractivity contribution < 1.29 is 15.0 Å². The van der Waals surface area contributed by atoms with E-state index >= 15 is 0 Å². The molecule has 18 heavy (non-hydrogen) atoms. The van der Waals surface area contributed by atoms with E-state index in [1.807, 2.05) is 13.8 Å². The zero-order chi connectivity index (χ0) is 14.0. The van der Waals surface area contributed by atoms with Crippen LogP contribution < -0.4 is 5.32 Å². The Morgan fingerprint density at radius 1 is 1.17 bits per heavy atom. The molecule has 2 unspecified atom stereocenters. The maximum absolute atomic E-state index is 11.3. The Morgan fingerprint density at radius 3 is 2.33 bits per heavy atom. The highest BCUT2D eigenvalue weighted by Gasteiger charge is 2.04. The molecule has 0 aromatic heterocycles. The molecule has 104 valence electrons. The molecule has 0 saturated carbocycles.